The van der Waals surface area contributed by atoms with Gasteiger partial charge >= 0.3 is 0 Å². The number of rotatable bonds is 24. The Morgan fingerprint density at radius 1 is 0.722 bits per heavy atom. The minimum Gasteiger partial charge on any atom is -0.393 e. The van der Waals surface area contributed by atoms with Crippen LogP contribution in [0.15, 0.2) is 79.1 Å². The van der Waals surface area contributed by atoms with Crippen molar-refractivity contribution in [3.63, 3.8) is 0 Å². The van der Waals surface area contributed by atoms with Crippen LogP contribution < -0.4 is 10.6 Å². The first-order valence-electron chi connectivity index (χ1n) is 25.7. The van der Waals surface area contributed by atoms with Crippen molar-refractivity contribution in [3.05, 3.63) is 113 Å². The molecular weight excluding hydrogens is 917 g/mol. The summed E-state index contributed by atoms with van der Waals surface area (Å²) in [6.07, 6.45) is 8.82. The Balaban J connectivity index is 0.616. The van der Waals surface area contributed by atoms with Crippen LogP contribution >= 0.6 is 0 Å². The van der Waals surface area contributed by atoms with Gasteiger partial charge in [0.05, 0.1) is 63.5 Å². The predicted molar refractivity (Wildman–Crippen MR) is 271 cm³/mol. The van der Waals surface area contributed by atoms with Crippen LogP contribution in [0.4, 0.5) is 5.95 Å². The molecule has 5 aromatic rings. The second-order valence-corrected chi connectivity index (χ2v) is 19.3. The van der Waals surface area contributed by atoms with Crippen LogP contribution in [0.3, 0.4) is 0 Å². The number of ether oxygens (including phenoxy) is 4. The number of imide groups is 2. The normalized spacial score (nSPS) is 19.9. The van der Waals surface area contributed by atoms with E-state index < -0.39 is 29.7 Å². The Kier molecular flexibility index (Phi) is 17.5. The molecule has 72 heavy (non-hydrogen) atoms. The van der Waals surface area contributed by atoms with Crippen molar-refractivity contribution in [1.82, 2.24) is 34.6 Å². The molecule has 0 radical (unpaired) electrons. The molecule has 4 aliphatic rings. The van der Waals surface area contributed by atoms with Crippen LogP contribution in [-0.2, 0) is 48.0 Å². The van der Waals surface area contributed by atoms with Crippen LogP contribution in [0.1, 0.15) is 94.0 Å². The second-order valence-electron chi connectivity index (χ2n) is 19.3. The highest BCUT2D eigenvalue weighted by atomic mass is 16.6. The van der Waals surface area contributed by atoms with Gasteiger partial charge < -0.3 is 33.9 Å². The number of anilines is 1. The molecule has 4 amide bonds. The van der Waals surface area contributed by atoms with Gasteiger partial charge in [0.25, 0.3) is 11.8 Å². The summed E-state index contributed by atoms with van der Waals surface area (Å²) in [7, 11) is 0. The van der Waals surface area contributed by atoms with E-state index in [4.69, 9.17) is 28.9 Å². The maximum absolute atomic E-state index is 13.3. The fourth-order valence-corrected chi connectivity index (χ4v) is 10.2. The number of aliphatic hydroxyl groups is 1. The van der Waals surface area contributed by atoms with Gasteiger partial charge in [0.2, 0.25) is 17.8 Å². The molecule has 5 heterocycles. The summed E-state index contributed by atoms with van der Waals surface area (Å²) < 4.78 is 25.3. The van der Waals surface area contributed by atoms with Gasteiger partial charge in [-0.3, -0.25) is 39.2 Å². The first-order valence-corrected chi connectivity index (χ1v) is 25.7. The number of piperidine rings is 1. The Bertz CT molecular complexity index is 2640. The zero-order chi connectivity index (χ0) is 49.8. The van der Waals surface area contributed by atoms with E-state index >= 15 is 0 Å². The predicted octanol–water partition coefficient (Wildman–Crippen LogP) is 5.71. The number of hydrogen-bond acceptors (Lipinski definition) is 14. The zero-order valence-corrected chi connectivity index (χ0v) is 41.4. The number of benzene rings is 3. The molecule has 9 rings (SSSR count). The summed E-state index contributed by atoms with van der Waals surface area (Å²) >= 11 is 0. The van der Waals surface area contributed by atoms with Crippen LogP contribution in [-0.4, -0.2) is 156 Å². The first-order chi connectivity index (χ1) is 35.2. The highest BCUT2D eigenvalue weighted by Gasteiger charge is 2.45. The smallest absolute Gasteiger partial charge is 0.262 e. The molecule has 0 bridgehead atoms. The highest BCUT2D eigenvalue weighted by molar-refractivity contribution is 6.24. The van der Waals surface area contributed by atoms with E-state index in [-0.39, 0.29) is 30.6 Å². The maximum atomic E-state index is 13.3. The fraction of sp³-hybridized carbons (Fsp3) is 0.491. The number of piperazine rings is 1. The number of hydrogen-bond donors (Lipinski definition) is 3. The summed E-state index contributed by atoms with van der Waals surface area (Å²) in [5, 5.41) is 17.0. The zero-order valence-electron chi connectivity index (χ0n) is 41.4. The summed E-state index contributed by atoms with van der Waals surface area (Å²) in [6.45, 7) is 12.5. The van der Waals surface area contributed by atoms with Gasteiger partial charge in [-0.25, -0.2) is 4.98 Å². The summed E-state index contributed by atoms with van der Waals surface area (Å²) in [5.41, 5.74) is 8.28. The molecule has 1 aliphatic carbocycles. The standard InChI is InChI=1S/C55H68N8O9/c1-38-7-9-39(10-8-38)34-56-55-57-35-46-47(37-62(51(46)59-55)43-15-17-44(64)18-16-43)41-13-11-40(12-14-41)36-61-23-21-60(22-24-61)25-27-70-29-31-72-33-32-71-30-28-69-26-3-5-42-4-2-6-45-50(42)54(68)63(53(45)67)48-19-20-49(65)58-52(48)66/h2,4,6-14,35,37,43-44,48,64H,3,5,15-34,36H2,1H3,(H,56,57,59)(H,58,65,66). The topological polar surface area (TPSA) is 190 Å². The van der Waals surface area contributed by atoms with Gasteiger partial charge in [0.15, 0.2) is 0 Å². The molecule has 3 N–H and O–H groups in total. The molecule has 1 atom stereocenters. The fourth-order valence-electron chi connectivity index (χ4n) is 10.2. The molecule has 17 heteroatoms. The van der Waals surface area contributed by atoms with Crippen molar-refractivity contribution in [2.75, 3.05) is 90.9 Å². The van der Waals surface area contributed by atoms with E-state index in [1.54, 1.807) is 12.1 Å². The van der Waals surface area contributed by atoms with Crippen molar-refractivity contribution >= 4 is 40.6 Å². The quantitative estimate of drug-likeness (QED) is 0.0504. The number of aryl methyl sites for hydroxylation is 2. The van der Waals surface area contributed by atoms with E-state index in [0.717, 1.165) is 97.6 Å². The third-order valence-electron chi connectivity index (χ3n) is 14.3. The summed E-state index contributed by atoms with van der Waals surface area (Å²) in [4.78, 5) is 66.1. The molecule has 1 unspecified atom stereocenters. The van der Waals surface area contributed by atoms with E-state index in [1.807, 2.05) is 12.3 Å². The average molecular weight is 985 g/mol. The van der Waals surface area contributed by atoms with Gasteiger partial charge in [0.1, 0.15) is 11.7 Å². The van der Waals surface area contributed by atoms with Gasteiger partial charge in [-0.05, 0) is 80.2 Å². The minimum absolute atomic E-state index is 0.0831. The molecule has 3 fully saturated rings. The van der Waals surface area contributed by atoms with Crippen molar-refractivity contribution in [2.45, 2.75) is 89.6 Å². The van der Waals surface area contributed by atoms with Gasteiger partial charge in [0, 0.05) is 88.2 Å². The van der Waals surface area contributed by atoms with Crippen LogP contribution in [0.2, 0.25) is 0 Å². The molecule has 0 spiro atoms. The number of carbonyl (C=O) groups is 4. The van der Waals surface area contributed by atoms with Crippen LogP contribution in [0.5, 0.6) is 0 Å². The second kappa shape index (κ2) is 24.7. The molecule has 2 aromatic heterocycles. The number of amides is 4. The summed E-state index contributed by atoms with van der Waals surface area (Å²) in [6, 6.07) is 21.9. The molecule has 2 saturated heterocycles. The average Bonchev–Trinajstić information content (AvgIpc) is 3.89. The molecule has 1 saturated carbocycles. The first kappa shape index (κ1) is 51.0. The lowest BCUT2D eigenvalue weighted by atomic mass is 9.93. The Labute approximate surface area is 421 Å². The Hall–Kier alpha value is -5.92. The van der Waals surface area contributed by atoms with Crippen molar-refractivity contribution < 1.29 is 43.2 Å². The van der Waals surface area contributed by atoms with Gasteiger partial charge in [-0.1, -0.05) is 66.2 Å². The third kappa shape index (κ3) is 12.8. The van der Waals surface area contributed by atoms with Crippen molar-refractivity contribution in [1.29, 1.82) is 0 Å². The SMILES string of the molecule is Cc1ccc(CNc2ncc3c(-c4ccc(CN5CCN(CCOCCOCCOCCOCCCc6cccc7c6C(=O)N(C6CCC(=O)NC6=O)C7=O)CC5)cc4)cn(C4CCC(O)CC4)c3n2)cc1. The molecular formula is C55H68N8O9. The number of fused-ring (bicyclic) bond motifs is 2. The lowest BCUT2D eigenvalue weighted by molar-refractivity contribution is -0.136. The summed E-state index contributed by atoms with van der Waals surface area (Å²) in [5.74, 6) is -1.40. The van der Waals surface area contributed by atoms with Crippen LogP contribution in [0, 0.1) is 6.92 Å². The Morgan fingerprint density at radius 3 is 2.10 bits per heavy atom. The number of aromatic nitrogens is 3. The van der Waals surface area contributed by atoms with Crippen molar-refractivity contribution in [3.8, 4) is 11.1 Å². The maximum Gasteiger partial charge on any atom is 0.262 e. The number of aliphatic hydroxyl groups excluding tert-OH is 1. The van der Waals surface area contributed by atoms with Gasteiger partial charge in [-0.2, -0.15) is 4.98 Å². The molecule has 3 aliphatic heterocycles. The monoisotopic (exact) mass is 985 g/mol. The lowest BCUT2D eigenvalue weighted by Gasteiger charge is -2.34. The van der Waals surface area contributed by atoms with Gasteiger partial charge in [-0.15, -0.1) is 0 Å². The molecule has 17 nitrogen and oxygen atoms in total. The van der Waals surface area contributed by atoms with E-state index in [1.165, 1.54) is 16.7 Å². The Morgan fingerprint density at radius 2 is 1.39 bits per heavy atom. The van der Waals surface area contributed by atoms with Crippen LogP contribution in [0.25, 0.3) is 22.2 Å². The van der Waals surface area contributed by atoms with E-state index in [0.29, 0.717) is 83.8 Å². The number of nitrogens with zero attached hydrogens (tertiary/aromatic N) is 6. The van der Waals surface area contributed by atoms with E-state index in [9.17, 15) is 24.3 Å². The van der Waals surface area contributed by atoms with Crippen molar-refractivity contribution in [2.24, 2.45) is 0 Å². The lowest BCUT2D eigenvalue weighted by Crippen LogP contribution is -2.54. The van der Waals surface area contributed by atoms with E-state index in [2.05, 4.69) is 86.7 Å². The highest BCUT2D eigenvalue weighted by Crippen LogP contribution is 2.37. The largest absolute Gasteiger partial charge is 0.393 e. The number of carbonyl (C=O) groups excluding carboxylic acids is 4. The number of nitrogens with one attached hydrogen (secondary N) is 2. The minimum atomic E-state index is -0.983. The molecule has 3 aromatic carbocycles. The third-order valence-corrected chi connectivity index (χ3v) is 14.3. The molecule has 382 valence electrons.